The second-order valence-electron chi connectivity index (χ2n) is 6.60. The SMILES string of the molecule is O=C(N=Nc1c(O)n(CCOc2ccccc2Cl)c2ccccc12)c1ccccc1Cl. The number of hydrogen-bond acceptors (Lipinski definition) is 4. The molecule has 0 aliphatic rings. The van der Waals surface area contributed by atoms with Crippen LogP contribution in [0.5, 0.6) is 11.6 Å². The number of aromatic nitrogens is 1. The third kappa shape index (κ3) is 4.40. The predicted molar refractivity (Wildman–Crippen MR) is 121 cm³/mol. The van der Waals surface area contributed by atoms with E-state index in [2.05, 4.69) is 10.2 Å². The number of nitrogens with zero attached hydrogens (tertiary/aromatic N) is 3. The van der Waals surface area contributed by atoms with E-state index in [1.165, 1.54) is 0 Å². The summed E-state index contributed by atoms with van der Waals surface area (Å²) in [6, 6.07) is 21.1. The number of aromatic hydroxyl groups is 1. The van der Waals surface area contributed by atoms with Crippen LogP contribution in [0.2, 0.25) is 10.0 Å². The summed E-state index contributed by atoms with van der Waals surface area (Å²) in [7, 11) is 0. The van der Waals surface area contributed by atoms with Gasteiger partial charge < -0.3 is 14.4 Å². The molecule has 0 unspecified atom stereocenters. The lowest BCUT2D eigenvalue weighted by Crippen LogP contribution is -2.07. The molecule has 0 spiro atoms. The monoisotopic (exact) mass is 453 g/mol. The molecule has 6 nitrogen and oxygen atoms in total. The van der Waals surface area contributed by atoms with E-state index in [-0.39, 0.29) is 28.8 Å². The van der Waals surface area contributed by atoms with E-state index < -0.39 is 5.91 Å². The molecule has 1 heterocycles. The quantitative estimate of drug-likeness (QED) is 0.331. The number of amides is 1. The lowest BCUT2D eigenvalue weighted by Gasteiger charge is -2.10. The van der Waals surface area contributed by atoms with Crippen LogP contribution in [-0.4, -0.2) is 22.2 Å². The Hall–Kier alpha value is -3.35. The topological polar surface area (TPSA) is 76.2 Å². The second kappa shape index (κ2) is 9.20. The Kier molecular flexibility index (Phi) is 6.21. The summed E-state index contributed by atoms with van der Waals surface area (Å²) >= 11 is 12.2. The van der Waals surface area contributed by atoms with Gasteiger partial charge in [0.25, 0.3) is 5.91 Å². The zero-order chi connectivity index (χ0) is 21.8. The molecule has 0 saturated heterocycles. The van der Waals surface area contributed by atoms with Gasteiger partial charge in [-0.1, -0.05) is 65.7 Å². The molecule has 4 aromatic rings. The van der Waals surface area contributed by atoms with Gasteiger partial charge in [-0.3, -0.25) is 4.79 Å². The van der Waals surface area contributed by atoms with Crippen LogP contribution in [0.3, 0.4) is 0 Å². The molecule has 31 heavy (non-hydrogen) atoms. The number of fused-ring (bicyclic) bond motifs is 1. The number of carbonyl (C=O) groups excluding carboxylic acids is 1. The normalized spacial score (nSPS) is 11.3. The molecule has 0 fully saturated rings. The molecule has 1 aromatic heterocycles. The Morgan fingerprint density at radius 2 is 1.61 bits per heavy atom. The van der Waals surface area contributed by atoms with E-state index in [4.69, 9.17) is 27.9 Å². The van der Waals surface area contributed by atoms with Gasteiger partial charge in [0.1, 0.15) is 12.4 Å². The average molecular weight is 454 g/mol. The summed E-state index contributed by atoms with van der Waals surface area (Å²) in [6.45, 7) is 0.608. The lowest BCUT2D eigenvalue weighted by atomic mass is 10.2. The standard InChI is InChI=1S/C23H17Cl2N3O3/c24-17-9-3-1-7-15(17)22(29)27-26-21-16-8-2-5-11-19(16)28(23(21)30)13-14-31-20-12-6-4-10-18(20)25/h1-12,30H,13-14H2. The minimum absolute atomic E-state index is 0.111. The van der Waals surface area contributed by atoms with Crippen molar-refractivity contribution in [1.82, 2.24) is 4.57 Å². The zero-order valence-corrected chi connectivity index (χ0v) is 17.7. The highest BCUT2D eigenvalue weighted by molar-refractivity contribution is 6.33. The first-order valence-corrected chi connectivity index (χ1v) is 10.2. The van der Waals surface area contributed by atoms with Crippen LogP contribution in [-0.2, 0) is 6.54 Å². The van der Waals surface area contributed by atoms with Crippen LogP contribution in [0.4, 0.5) is 5.69 Å². The summed E-state index contributed by atoms with van der Waals surface area (Å²) < 4.78 is 7.39. The summed E-state index contributed by atoms with van der Waals surface area (Å²) in [6.07, 6.45) is 0. The van der Waals surface area contributed by atoms with E-state index in [9.17, 15) is 9.90 Å². The lowest BCUT2D eigenvalue weighted by molar-refractivity contribution is 0.0995. The van der Waals surface area contributed by atoms with E-state index in [1.54, 1.807) is 47.0 Å². The van der Waals surface area contributed by atoms with Crippen LogP contribution < -0.4 is 4.74 Å². The summed E-state index contributed by atoms with van der Waals surface area (Å²) in [4.78, 5) is 12.4. The third-order valence-corrected chi connectivity index (χ3v) is 5.31. The van der Waals surface area contributed by atoms with E-state index in [0.29, 0.717) is 22.7 Å². The molecule has 0 radical (unpaired) electrons. The van der Waals surface area contributed by atoms with E-state index in [0.717, 1.165) is 5.52 Å². The van der Waals surface area contributed by atoms with E-state index >= 15 is 0 Å². The van der Waals surface area contributed by atoms with Crippen molar-refractivity contribution in [3.05, 3.63) is 88.4 Å². The maximum atomic E-state index is 12.4. The van der Waals surface area contributed by atoms with Gasteiger partial charge in [-0.05, 0) is 30.3 Å². The molecular weight excluding hydrogens is 437 g/mol. The van der Waals surface area contributed by atoms with Crippen molar-refractivity contribution in [2.24, 2.45) is 10.2 Å². The molecule has 8 heteroatoms. The van der Waals surface area contributed by atoms with Crippen molar-refractivity contribution < 1.29 is 14.6 Å². The fraction of sp³-hybridized carbons (Fsp3) is 0.0870. The minimum Gasteiger partial charge on any atom is -0.493 e. The van der Waals surface area contributed by atoms with Crippen molar-refractivity contribution in [2.75, 3.05) is 6.61 Å². The molecule has 0 aliphatic carbocycles. The molecule has 1 amide bonds. The Morgan fingerprint density at radius 3 is 2.39 bits per heavy atom. The Morgan fingerprint density at radius 1 is 0.935 bits per heavy atom. The number of azo groups is 1. The number of rotatable bonds is 6. The van der Waals surface area contributed by atoms with Gasteiger partial charge in [0.05, 0.1) is 27.7 Å². The van der Waals surface area contributed by atoms with Crippen LogP contribution in [0.1, 0.15) is 10.4 Å². The largest absolute Gasteiger partial charge is 0.493 e. The molecule has 0 saturated carbocycles. The highest BCUT2D eigenvalue weighted by Crippen LogP contribution is 2.39. The van der Waals surface area contributed by atoms with Crippen LogP contribution in [0.25, 0.3) is 10.9 Å². The van der Waals surface area contributed by atoms with Gasteiger partial charge in [-0.15, -0.1) is 10.2 Å². The van der Waals surface area contributed by atoms with Gasteiger partial charge in [-0.2, -0.15) is 0 Å². The number of hydrogen-bond donors (Lipinski definition) is 1. The summed E-state index contributed by atoms with van der Waals surface area (Å²) in [5, 5.41) is 20.1. The molecule has 0 atom stereocenters. The molecular formula is C23H17Cl2N3O3. The molecule has 4 rings (SSSR count). The zero-order valence-electron chi connectivity index (χ0n) is 16.2. The van der Waals surface area contributed by atoms with Gasteiger partial charge in [0.2, 0.25) is 5.88 Å². The smallest absolute Gasteiger partial charge is 0.296 e. The average Bonchev–Trinajstić information content (AvgIpc) is 3.04. The highest BCUT2D eigenvalue weighted by atomic mass is 35.5. The number of ether oxygens (including phenoxy) is 1. The number of carbonyl (C=O) groups is 1. The van der Waals surface area contributed by atoms with Gasteiger partial charge in [0.15, 0.2) is 5.69 Å². The van der Waals surface area contributed by atoms with E-state index in [1.807, 2.05) is 30.3 Å². The minimum atomic E-state index is -0.594. The molecule has 1 N–H and O–H groups in total. The first-order valence-electron chi connectivity index (χ1n) is 9.44. The van der Waals surface area contributed by atoms with Gasteiger partial charge in [-0.25, -0.2) is 0 Å². The molecule has 0 aliphatic heterocycles. The highest BCUT2D eigenvalue weighted by Gasteiger charge is 2.17. The first kappa shape index (κ1) is 20.9. The third-order valence-electron chi connectivity index (χ3n) is 4.67. The van der Waals surface area contributed by atoms with Crippen LogP contribution >= 0.6 is 23.2 Å². The molecule has 156 valence electrons. The summed E-state index contributed by atoms with van der Waals surface area (Å²) in [5.74, 6) is -0.145. The maximum absolute atomic E-state index is 12.4. The fourth-order valence-electron chi connectivity index (χ4n) is 3.19. The number of halogens is 2. The Labute approximate surface area is 188 Å². The number of para-hydroxylation sites is 2. The Bertz CT molecular complexity index is 1280. The van der Waals surface area contributed by atoms with Crippen LogP contribution in [0, 0.1) is 0 Å². The maximum Gasteiger partial charge on any atom is 0.296 e. The fourth-order valence-corrected chi connectivity index (χ4v) is 3.60. The molecule has 3 aromatic carbocycles. The van der Waals surface area contributed by atoms with Crippen LogP contribution in [0.15, 0.2) is 83.0 Å². The molecule has 0 bridgehead atoms. The van der Waals surface area contributed by atoms with Gasteiger partial charge in [0, 0.05) is 5.39 Å². The Balaban J connectivity index is 1.60. The first-order chi connectivity index (χ1) is 15.1. The van der Waals surface area contributed by atoms with Gasteiger partial charge >= 0.3 is 0 Å². The van der Waals surface area contributed by atoms with Crippen molar-refractivity contribution >= 4 is 45.7 Å². The number of benzene rings is 3. The second-order valence-corrected chi connectivity index (χ2v) is 7.42. The predicted octanol–water partition coefficient (Wildman–Crippen LogP) is 6.66. The summed E-state index contributed by atoms with van der Waals surface area (Å²) in [5.41, 5.74) is 1.18. The van der Waals surface area contributed by atoms with Crippen molar-refractivity contribution in [1.29, 1.82) is 0 Å². The van der Waals surface area contributed by atoms with Crippen molar-refractivity contribution in [3.63, 3.8) is 0 Å². The van der Waals surface area contributed by atoms with Crippen molar-refractivity contribution in [2.45, 2.75) is 6.54 Å². The van der Waals surface area contributed by atoms with Crippen molar-refractivity contribution in [3.8, 4) is 11.6 Å².